The number of hydrogen-bond acceptors (Lipinski definition) is 2. The molecule has 0 aliphatic rings. The molecule has 1 N–H and O–H groups in total. The van der Waals surface area contributed by atoms with E-state index >= 15 is 0 Å². The number of fused-ring (bicyclic) bond motifs is 3. The van der Waals surface area contributed by atoms with Crippen molar-refractivity contribution in [2.45, 2.75) is 34.6 Å². The van der Waals surface area contributed by atoms with Crippen LogP contribution in [0.3, 0.4) is 0 Å². The summed E-state index contributed by atoms with van der Waals surface area (Å²) >= 11 is 3.62. The van der Waals surface area contributed by atoms with Crippen LogP contribution in [0.2, 0.25) is 0 Å². The lowest BCUT2D eigenvalue weighted by Gasteiger charge is -2.04. The second kappa shape index (κ2) is 18.3. The predicted octanol–water partition coefficient (Wildman–Crippen LogP) is 12.4. The minimum atomic E-state index is 0.911. The van der Waals surface area contributed by atoms with E-state index in [4.69, 9.17) is 4.42 Å². The monoisotopic (exact) mass is 593 g/mol. The number of furan rings is 1. The van der Waals surface area contributed by atoms with Crippen molar-refractivity contribution in [1.82, 2.24) is 0 Å². The number of anilines is 1. The van der Waals surface area contributed by atoms with Crippen LogP contribution in [0.25, 0.3) is 39.1 Å². The highest BCUT2D eigenvalue weighted by molar-refractivity contribution is 9.11. The van der Waals surface area contributed by atoms with Gasteiger partial charge < -0.3 is 9.73 Å². The molecule has 0 saturated heterocycles. The highest BCUT2D eigenvalue weighted by atomic mass is 79.9. The van der Waals surface area contributed by atoms with E-state index in [0.29, 0.717) is 0 Å². The summed E-state index contributed by atoms with van der Waals surface area (Å²) in [6.07, 6.45) is 11.6. The summed E-state index contributed by atoms with van der Waals surface area (Å²) in [5, 5.41) is 5.61. The van der Waals surface area contributed by atoms with Crippen molar-refractivity contribution < 1.29 is 4.42 Å². The number of rotatable bonds is 6. The molecule has 40 heavy (non-hydrogen) atoms. The highest BCUT2D eigenvalue weighted by Crippen LogP contribution is 2.29. The van der Waals surface area contributed by atoms with E-state index in [1.807, 2.05) is 89.4 Å². The van der Waals surface area contributed by atoms with Crippen molar-refractivity contribution >= 4 is 49.6 Å². The third kappa shape index (κ3) is 9.59. The van der Waals surface area contributed by atoms with Gasteiger partial charge in [-0.1, -0.05) is 125 Å². The Hall–Kier alpha value is -4.08. The SMILES string of the molecule is BrC(/C=C\c1ccc2oc3ccccc3c2c1)=C/Nc1ccc(-c2ccccc2)cc1.C=C/C=C\C.CC.CC. The molecule has 0 radical (unpaired) electrons. The van der Waals surface area contributed by atoms with E-state index in [0.717, 1.165) is 37.7 Å². The number of nitrogens with one attached hydrogen (secondary N) is 1. The summed E-state index contributed by atoms with van der Waals surface area (Å²) in [5.41, 5.74) is 6.41. The third-order valence-corrected chi connectivity index (χ3v) is 6.03. The molecule has 5 aromatic rings. The molecule has 1 aromatic heterocycles. The zero-order chi connectivity index (χ0) is 29.2. The minimum absolute atomic E-state index is 0.911. The van der Waals surface area contributed by atoms with Crippen LogP contribution < -0.4 is 5.32 Å². The van der Waals surface area contributed by atoms with E-state index < -0.39 is 0 Å². The lowest BCUT2D eigenvalue weighted by atomic mass is 10.1. The van der Waals surface area contributed by atoms with Crippen molar-refractivity contribution in [1.29, 1.82) is 0 Å². The van der Waals surface area contributed by atoms with Gasteiger partial charge in [-0.05, 0) is 76.0 Å². The smallest absolute Gasteiger partial charge is 0.135 e. The van der Waals surface area contributed by atoms with Crippen LogP contribution in [0.15, 0.2) is 143 Å². The first-order chi connectivity index (χ1) is 19.7. The van der Waals surface area contributed by atoms with Crippen molar-refractivity contribution in [2.75, 3.05) is 5.32 Å². The van der Waals surface area contributed by atoms with Crippen LogP contribution in [0.4, 0.5) is 5.69 Å². The molecule has 3 heteroatoms. The topological polar surface area (TPSA) is 25.2 Å². The fourth-order valence-corrected chi connectivity index (χ4v) is 4.00. The fraction of sp³-hybridized carbons (Fsp3) is 0.135. The first-order valence-electron chi connectivity index (χ1n) is 13.8. The molecule has 0 saturated carbocycles. The zero-order valence-corrected chi connectivity index (χ0v) is 25.8. The Bertz CT molecular complexity index is 1520. The summed E-state index contributed by atoms with van der Waals surface area (Å²) in [6, 6.07) is 33.2. The summed E-state index contributed by atoms with van der Waals surface area (Å²) in [5.74, 6) is 0. The van der Waals surface area contributed by atoms with E-state index in [1.54, 1.807) is 6.08 Å². The number of para-hydroxylation sites is 1. The van der Waals surface area contributed by atoms with Gasteiger partial charge in [-0.3, -0.25) is 0 Å². The number of halogens is 1. The molecule has 4 aromatic carbocycles. The van der Waals surface area contributed by atoms with Gasteiger partial charge in [0.15, 0.2) is 0 Å². The van der Waals surface area contributed by atoms with E-state index in [1.165, 1.54) is 11.1 Å². The molecule has 0 aliphatic heterocycles. The van der Waals surface area contributed by atoms with Gasteiger partial charge in [0.1, 0.15) is 11.2 Å². The lowest BCUT2D eigenvalue weighted by Crippen LogP contribution is -1.88. The van der Waals surface area contributed by atoms with Gasteiger partial charge in [0.2, 0.25) is 0 Å². The molecular formula is C37H40BrNO. The Morgan fingerprint density at radius 1 is 0.750 bits per heavy atom. The van der Waals surface area contributed by atoms with Crippen molar-refractivity contribution in [3.8, 4) is 11.1 Å². The maximum atomic E-state index is 5.90. The zero-order valence-electron chi connectivity index (χ0n) is 24.2. The standard InChI is InChI=1S/C28H20BrNO.C5H8.2C2H6/c29-23(19-30-24-15-12-22(13-16-24)21-6-2-1-3-7-21)14-10-20-11-17-28-26(18-20)25-8-4-5-9-27(25)31-28;1-3-5-4-2;2*1-2/h1-19,30H;3-5H,1H2,2H3;2*1-2H3/b14-10-,23-19+;5-4-;;. The van der Waals surface area contributed by atoms with Crippen molar-refractivity contribution in [2.24, 2.45) is 0 Å². The van der Waals surface area contributed by atoms with Crippen molar-refractivity contribution in [3.05, 3.63) is 144 Å². The van der Waals surface area contributed by atoms with Gasteiger partial charge in [-0.2, -0.15) is 0 Å². The maximum absolute atomic E-state index is 5.90. The van der Waals surface area contributed by atoms with E-state index in [2.05, 4.69) is 101 Å². The van der Waals surface area contributed by atoms with Gasteiger partial charge in [-0.15, -0.1) is 0 Å². The van der Waals surface area contributed by atoms with Gasteiger partial charge in [-0.25, -0.2) is 0 Å². The summed E-state index contributed by atoms with van der Waals surface area (Å²) in [6.45, 7) is 13.4. The summed E-state index contributed by atoms with van der Waals surface area (Å²) in [7, 11) is 0. The quantitative estimate of drug-likeness (QED) is 0.198. The largest absolute Gasteiger partial charge is 0.456 e. The number of allylic oxidation sites excluding steroid dienone is 5. The molecule has 0 atom stereocenters. The normalized spacial score (nSPS) is 10.8. The van der Waals surface area contributed by atoms with Gasteiger partial charge >= 0.3 is 0 Å². The molecule has 0 aliphatic carbocycles. The van der Waals surface area contributed by atoms with E-state index in [-0.39, 0.29) is 0 Å². The molecule has 5 rings (SSSR count). The van der Waals surface area contributed by atoms with Crippen LogP contribution in [0.1, 0.15) is 40.2 Å². The van der Waals surface area contributed by atoms with E-state index in [9.17, 15) is 0 Å². The molecular weight excluding hydrogens is 554 g/mol. The minimum Gasteiger partial charge on any atom is -0.456 e. The maximum Gasteiger partial charge on any atom is 0.135 e. The average Bonchev–Trinajstić information content (AvgIpc) is 3.40. The molecule has 1 heterocycles. The number of benzene rings is 4. The summed E-state index contributed by atoms with van der Waals surface area (Å²) < 4.78 is 6.86. The van der Waals surface area contributed by atoms with Crippen LogP contribution in [0, 0.1) is 0 Å². The molecule has 0 spiro atoms. The van der Waals surface area contributed by atoms with Crippen molar-refractivity contribution in [3.63, 3.8) is 0 Å². The van der Waals surface area contributed by atoms with Crippen LogP contribution in [-0.2, 0) is 0 Å². The second-order valence-corrected chi connectivity index (χ2v) is 8.98. The Labute approximate surface area is 248 Å². The summed E-state index contributed by atoms with van der Waals surface area (Å²) in [4.78, 5) is 0. The number of hydrogen-bond donors (Lipinski definition) is 1. The second-order valence-electron chi connectivity index (χ2n) is 8.07. The average molecular weight is 595 g/mol. The molecule has 206 valence electrons. The van der Waals surface area contributed by atoms with Crippen LogP contribution in [-0.4, -0.2) is 0 Å². The molecule has 0 unspecified atom stereocenters. The van der Waals surface area contributed by atoms with Gasteiger partial charge in [0.05, 0.1) is 0 Å². The molecule has 0 amide bonds. The Kier molecular flexibility index (Phi) is 14.7. The van der Waals surface area contributed by atoms with Crippen LogP contribution in [0.5, 0.6) is 0 Å². The third-order valence-electron chi connectivity index (χ3n) is 5.53. The molecule has 2 nitrogen and oxygen atoms in total. The first kappa shape index (κ1) is 32.1. The molecule has 0 bridgehead atoms. The fourth-order valence-electron chi connectivity index (χ4n) is 3.75. The Balaban J connectivity index is 0.000000554. The van der Waals surface area contributed by atoms with Gasteiger partial charge in [0, 0.05) is 27.1 Å². The first-order valence-corrected chi connectivity index (χ1v) is 14.6. The Morgan fingerprint density at radius 2 is 1.38 bits per heavy atom. The molecule has 0 fully saturated rings. The highest BCUT2D eigenvalue weighted by Gasteiger charge is 2.05. The Morgan fingerprint density at radius 3 is 2.02 bits per heavy atom. The predicted molar refractivity (Wildman–Crippen MR) is 183 cm³/mol. The van der Waals surface area contributed by atoms with Gasteiger partial charge in [0.25, 0.3) is 0 Å². The lowest BCUT2D eigenvalue weighted by molar-refractivity contribution is 0.669. The van der Waals surface area contributed by atoms with Crippen LogP contribution >= 0.6 is 15.9 Å².